The molecule has 1 atom stereocenters. The average molecular weight is 248 g/mol. The molecule has 0 spiro atoms. The molecule has 0 aliphatic rings. The number of carbonyl (C=O) groups excluding carboxylic acids is 1. The van der Waals surface area contributed by atoms with Gasteiger partial charge in [-0.25, -0.2) is 0 Å². The van der Waals surface area contributed by atoms with Gasteiger partial charge in [0.2, 0.25) is 5.91 Å². The molecule has 0 saturated heterocycles. The van der Waals surface area contributed by atoms with Crippen molar-refractivity contribution in [1.29, 1.82) is 0 Å². The van der Waals surface area contributed by atoms with Crippen LogP contribution in [0.3, 0.4) is 0 Å². The largest absolute Gasteiger partial charge is 0.339 e. The number of carbonyl (C=O) groups is 1. The van der Waals surface area contributed by atoms with Crippen molar-refractivity contribution in [1.82, 2.24) is 4.90 Å². The molecule has 1 rings (SSSR count). The molecule has 1 amide bonds. The molecule has 0 fully saturated rings. The molecule has 1 unspecified atom stereocenters. The zero-order valence-electron chi connectivity index (χ0n) is 12.0. The highest BCUT2D eigenvalue weighted by Gasteiger charge is 2.29. The van der Waals surface area contributed by atoms with Crippen LogP contribution >= 0.6 is 0 Å². The second-order valence-electron chi connectivity index (χ2n) is 5.45. The average Bonchev–Trinajstić information content (AvgIpc) is 2.37. The van der Waals surface area contributed by atoms with Gasteiger partial charge in [-0.15, -0.1) is 0 Å². The van der Waals surface area contributed by atoms with Gasteiger partial charge in [-0.3, -0.25) is 4.79 Å². The van der Waals surface area contributed by atoms with Crippen molar-refractivity contribution < 1.29 is 4.79 Å². The number of rotatable bonds is 4. The van der Waals surface area contributed by atoms with E-state index in [1.165, 1.54) is 5.56 Å². The Labute approximate surface area is 110 Å². The predicted octanol–water partition coefficient (Wildman–Crippen LogP) is 2.64. The van der Waals surface area contributed by atoms with Gasteiger partial charge in [0.25, 0.3) is 0 Å². The van der Waals surface area contributed by atoms with Crippen molar-refractivity contribution in [3.8, 4) is 0 Å². The zero-order valence-corrected chi connectivity index (χ0v) is 12.0. The minimum absolute atomic E-state index is 0.0364. The van der Waals surface area contributed by atoms with E-state index in [-0.39, 0.29) is 11.4 Å². The fourth-order valence-corrected chi connectivity index (χ4v) is 1.66. The smallest absolute Gasteiger partial charge is 0.244 e. The third-order valence-electron chi connectivity index (χ3n) is 3.81. The van der Waals surface area contributed by atoms with Crippen LogP contribution in [0, 0.1) is 6.92 Å². The zero-order chi connectivity index (χ0) is 13.9. The molecule has 18 heavy (non-hydrogen) atoms. The summed E-state index contributed by atoms with van der Waals surface area (Å²) in [5.74, 6) is -0.0364. The van der Waals surface area contributed by atoms with E-state index in [1.807, 2.05) is 52.1 Å². The topological polar surface area (TPSA) is 46.3 Å². The van der Waals surface area contributed by atoms with Crippen LogP contribution in [0.15, 0.2) is 24.3 Å². The monoisotopic (exact) mass is 248 g/mol. The number of likely N-dealkylation sites (N-methyl/N-ethyl adjacent to an activating group) is 1. The van der Waals surface area contributed by atoms with Gasteiger partial charge in [-0.1, -0.05) is 36.8 Å². The Morgan fingerprint density at radius 1 is 1.33 bits per heavy atom. The molecular weight excluding hydrogens is 224 g/mol. The maximum atomic E-state index is 12.3. The van der Waals surface area contributed by atoms with Gasteiger partial charge in [-0.05, 0) is 32.8 Å². The first-order valence-corrected chi connectivity index (χ1v) is 6.39. The summed E-state index contributed by atoms with van der Waals surface area (Å²) >= 11 is 0. The van der Waals surface area contributed by atoms with E-state index < -0.39 is 6.04 Å². The van der Waals surface area contributed by atoms with E-state index in [2.05, 4.69) is 6.92 Å². The molecule has 0 bridgehead atoms. The molecule has 0 aliphatic heterocycles. The predicted molar refractivity (Wildman–Crippen MR) is 75.2 cm³/mol. The molecule has 0 aliphatic carbocycles. The van der Waals surface area contributed by atoms with Gasteiger partial charge in [0.05, 0.1) is 0 Å². The van der Waals surface area contributed by atoms with Gasteiger partial charge in [-0.2, -0.15) is 0 Å². The second-order valence-corrected chi connectivity index (χ2v) is 5.45. The lowest BCUT2D eigenvalue weighted by Crippen LogP contribution is -2.48. The fourth-order valence-electron chi connectivity index (χ4n) is 1.66. The summed E-state index contributed by atoms with van der Waals surface area (Å²) in [6.45, 7) is 8.18. The highest BCUT2D eigenvalue weighted by molar-refractivity contribution is 5.83. The normalized spacial score (nSPS) is 13.2. The molecule has 1 aromatic rings. The van der Waals surface area contributed by atoms with Gasteiger partial charge in [0.15, 0.2) is 0 Å². The van der Waals surface area contributed by atoms with Gasteiger partial charge in [0.1, 0.15) is 6.04 Å². The van der Waals surface area contributed by atoms with Crippen LogP contribution in [-0.2, 0) is 4.79 Å². The molecule has 0 aromatic heterocycles. The minimum atomic E-state index is -0.582. The summed E-state index contributed by atoms with van der Waals surface area (Å²) in [5, 5.41) is 0. The first-order valence-electron chi connectivity index (χ1n) is 6.39. The van der Waals surface area contributed by atoms with Gasteiger partial charge >= 0.3 is 0 Å². The second kappa shape index (κ2) is 5.53. The molecule has 0 heterocycles. The maximum Gasteiger partial charge on any atom is 0.244 e. The lowest BCUT2D eigenvalue weighted by molar-refractivity contribution is -0.136. The first-order chi connectivity index (χ1) is 8.29. The molecule has 2 N–H and O–H groups in total. The lowest BCUT2D eigenvalue weighted by atomic mass is 9.97. The van der Waals surface area contributed by atoms with E-state index in [4.69, 9.17) is 5.73 Å². The quantitative estimate of drug-likeness (QED) is 0.890. The Kier molecular flexibility index (Phi) is 4.52. The van der Waals surface area contributed by atoms with Gasteiger partial charge < -0.3 is 10.6 Å². The standard InChI is InChI=1S/C15H24N2O/c1-6-15(3,4)17(5)14(18)13(16)12-9-7-11(2)8-10-12/h7-10,13H,6,16H2,1-5H3. The number of hydrogen-bond acceptors (Lipinski definition) is 2. The van der Waals surface area contributed by atoms with Crippen molar-refractivity contribution in [2.45, 2.75) is 45.7 Å². The summed E-state index contributed by atoms with van der Waals surface area (Å²) in [7, 11) is 1.82. The Bertz CT molecular complexity index is 409. The number of aryl methyl sites for hydroxylation is 1. The number of nitrogens with two attached hydrogens (primary N) is 1. The molecule has 0 saturated carbocycles. The highest BCUT2D eigenvalue weighted by Crippen LogP contribution is 2.21. The summed E-state index contributed by atoms with van der Waals surface area (Å²) in [6, 6.07) is 7.22. The van der Waals surface area contributed by atoms with Crippen molar-refractivity contribution in [3.05, 3.63) is 35.4 Å². The van der Waals surface area contributed by atoms with E-state index in [1.54, 1.807) is 4.90 Å². The van der Waals surface area contributed by atoms with E-state index in [0.717, 1.165) is 12.0 Å². The third kappa shape index (κ3) is 3.10. The Balaban J connectivity index is 2.87. The third-order valence-corrected chi connectivity index (χ3v) is 3.81. The Morgan fingerprint density at radius 3 is 2.28 bits per heavy atom. The fraction of sp³-hybridized carbons (Fsp3) is 0.533. The van der Waals surface area contributed by atoms with Crippen molar-refractivity contribution in [2.75, 3.05) is 7.05 Å². The SMILES string of the molecule is CCC(C)(C)N(C)C(=O)C(N)c1ccc(C)cc1. The number of amides is 1. The summed E-state index contributed by atoms with van der Waals surface area (Å²) in [6.07, 6.45) is 0.899. The van der Waals surface area contributed by atoms with Crippen LogP contribution in [0.1, 0.15) is 44.4 Å². The van der Waals surface area contributed by atoms with Crippen LogP contribution in [0.2, 0.25) is 0 Å². The van der Waals surface area contributed by atoms with Crippen LogP contribution in [0.25, 0.3) is 0 Å². The van der Waals surface area contributed by atoms with Crippen molar-refractivity contribution in [3.63, 3.8) is 0 Å². The lowest BCUT2D eigenvalue weighted by Gasteiger charge is -2.36. The number of benzene rings is 1. The van der Waals surface area contributed by atoms with Crippen LogP contribution < -0.4 is 5.73 Å². The number of nitrogens with zero attached hydrogens (tertiary/aromatic N) is 1. The first kappa shape index (κ1) is 14.7. The Morgan fingerprint density at radius 2 is 1.83 bits per heavy atom. The molecular formula is C15H24N2O. The Hall–Kier alpha value is -1.35. The van der Waals surface area contributed by atoms with E-state index in [9.17, 15) is 4.79 Å². The van der Waals surface area contributed by atoms with Crippen molar-refractivity contribution in [2.24, 2.45) is 5.73 Å². The van der Waals surface area contributed by atoms with Gasteiger partial charge in [0, 0.05) is 12.6 Å². The summed E-state index contributed by atoms with van der Waals surface area (Å²) in [4.78, 5) is 14.1. The molecule has 3 nitrogen and oxygen atoms in total. The van der Waals surface area contributed by atoms with Crippen LogP contribution in [0.4, 0.5) is 0 Å². The van der Waals surface area contributed by atoms with Crippen molar-refractivity contribution >= 4 is 5.91 Å². The molecule has 1 aromatic carbocycles. The summed E-state index contributed by atoms with van der Waals surface area (Å²) in [5.41, 5.74) is 7.91. The molecule has 0 radical (unpaired) electrons. The maximum absolute atomic E-state index is 12.3. The molecule has 3 heteroatoms. The molecule has 100 valence electrons. The van der Waals surface area contributed by atoms with E-state index in [0.29, 0.717) is 0 Å². The van der Waals surface area contributed by atoms with Crippen LogP contribution in [0.5, 0.6) is 0 Å². The number of hydrogen-bond donors (Lipinski definition) is 1. The van der Waals surface area contributed by atoms with Crippen LogP contribution in [-0.4, -0.2) is 23.4 Å². The highest BCUT2D eigenvalue weighted by atomic mass is 16.2. The minimum Gasteiger partial charge on any atom is -0.339 e. The summed E-state index contributed by atoms with van der Waals surface area (Å²) < 4.78 is 0. The van der Waals surface area contributed by atoms with E-state index >= 15 is 0 Å².